The number of hydrogen-bond acceptors (Lipinski definition) is 5. The molecule has 2 aromatic rings. The van der Waals surface area contributed by atoms with Crippen molar-refractivity contribution in [3.05, 3.63) is 51.8 Å². The van der Waals surface area contributed by atoms with E-state index in [9.17, 15) is 31.1 Å². The van der Waals surface area contributed by atoms with Crippen LogP contribution in [0.15, 0.2) is 35.1 Å². The van der Waals surface area contributed by atoms with Crippen LogP contribution in [0.4, 0.5) is 37.1 Å². The van der Waals surface area contributed by atoms with Crippen molar-refractivity contribution in [2.45, 2.75) is 96.5 Å². The number of ether oxygens (including phenoxy) is 1. The first-order valence-electron chi connectivity index (χ1n) is 12.6. The molecule has 1 saturated heterocycles. The van der Waals surface area contributed by atoms with Crippen LogP contribution in [-0.4, -0.2) is 45.2 Å². The van der Waals surface area contributed by atoms with Crippen LogP contribution in [0.3, 0.4) is 0 Å². The highest BCUT2D eigenvalue weighted by Gasteiger charge is 2.41. The SMILES string of the molecule is CCC1CC(N(Cc2cc(C(F)(F)F)cc(C(F)(F)F)c2)c2ncc(Br)cn2)CC(CC)N1C(=O)OC(C)C. The van der Waals surface area contributed by atoms with Crippen molar-refractivity contribution in [1.82, 2.24) is 14.9 Å². The molecular weight excluding hydrogens is 594 g/mol. The van der Waals surface area contributed by atoms with Gasteiger partial charge in [-0.15, -0.1) is 0 Å². The number of halogens is 7. The summed E-state index contributed by atoms with van der Waals surface area (Å²) in [5.74, 6) is 0.164. The van der Waals surface area contributed by atoms with Gasteiger partial charge in [-0.1, -0.05) is 13.8 Å². The van der Waals surface area contributed by atoms with Gasteiger partial charge < -0.3 is 14.5 Å². The zero-order valence-corrected chi connectivity index (χ0v) is 23.6. The van der Waals surface area contributed by atoms with Crippen LogP contribution < -0.4 is 4.90 Å². The Morgan fingerprint density at radius 3 is 1.90 bits per heavy atom. The van der Waals surface area contributed by atoms with Crippen LogP contribution >= 0.6 is 15.9 Å². The lowest BCUT2D eigenvalue weighted by Crippen LogP contribution is -2.57. The smallest absolute Gasteiger partial charge is 0.416 e. The Morgan fingerprint density at radius 2 is 1.49 bits per heavy atom. The van der Waals surface area contributed by atoms with Crippen molar-refractivity contribution < 1.29 is 35.9 Å². The summed E-state index contributed by atoms with van der Waals surface area (Å²) in [6.45, 7) is 7.05. The summed E-state index contributed by atoms with van der Waals surface area (Å²) in [7, 11) is 0. The molecule has 0 N–H and O–H groups in total. The molecule has 1 aliphatic rings. The van der Waals surface area contributed by atoms with Crippen LogP contribution in [-0.2, 0) is 23.6 Å². The van der Waals surface area contributed by atoms with Crippen LogP contribution in [0.1, 0.15) is 70.1 Å². The van der Waals surface area contributed by atoms with Gasteiger partial charge in [0.15, 0.2) is 0 Å². The van der Waals surface area contributed by atoms with Crippen molar-refractivity contribution in [1.29, 1.82) is 0 Å². The molecule has 2 atom stereocenters. The minimum atomic E-state index is -4.96. The van der Waals surface area contributed by atoms with Gasteiger partial charge in [0.25, 0.3) is 0 Å². The number of aromatic nitrogens is 2. The number of likely N-dealkylation sites (tertiary alicyclic amines) is 1. The highest BCUT2D eigenvalue weighted by atomic mass is 79.9. The van der Waals surface area contributed by atoms with Gasteiger partial charge in [0.1, 0.15) is 0 Å². The Morgan fingerprint density at radius 1 is 1.00 bits per heavy atom. The summed E-state index contributed by atoms with van der Waals surface area (Å²) in [4.78, 5) is 24.9. The van der Waals surface area contributed by atoms with E-state index in [1.165, 1.54) is 12.4 Å². The minimum Gasteiger partial charge on any atom is -0.447 e. The van der Waals surface area contributed by atoms with E-state index in [0.29, 0.717) is 30.2 Å². The average molecular weight is 625 g/mol. The fourth-order valence-corrected chi connectivity index (χ4v) is 5.12. The number of carbonyl (C=O) groups excluding carboxylic acids is 1. The lowest BCUT2D eigenvalue weighted by molar-refractivity contribution is -0.143. The number of amides is 1. The number of carbonyl (C=O) groups is 1. The molecule has 1 amide bonds. The molecule has 216 valence electrons. The summed E-state index contributed by atoms with van der Waals surface area (Å²) in [5, 5.41) is 0. The normalized spacial score (nSPS) is 20.3. The second-order valence-electron chi connectivity index (χ2n) is 9.83. The molecule has 6 nitrogen and oxygen atoms in total. The number of alkyl halides is 6. The number of hydrogen-bond donors (Lipinski definition) is 0. The van der Waals surface area contributed by atoms with E-state index >= 15 is 0 Å². The first kappa shape index (κ1) is 31.0. The van der Waals surface area contributed by atoms with Gasteiger partial charge in [-0.25, -0.2) is 14.8 Å². The van der Waals surface area contributed by atoms with Crippen LogP contribution in [0.5, 0.6) is 0 Å². The molecular formula is C26H31BrF6N4O2. The van der Waals surface area contributed by atoms with Crippen LogP contribution in [0.2, 0.25) is 0 Å². The van der Waals surface area contributed by atoms with Gasteiger partial charge in [-0.05, 0) is 79.2 Å². The average Bonchev–Trinajstić information content (AvgIpc) is 2.85. The van der Waals surface area contributed by atoms with Crippen LogP contribution in [0.25, 0.3) is 0 Å². The standard InChI is InChI=1S/C26H31BrF6N4O2/c1-5-20-10-22(11-21(6-2)37(20)24(38)39-15(3)4)36(23-34-12-19(27)13-35-23)14-16-7-17(25(28,29)30)9-18(8-16)26(31,32)33/h7-9,12-13,15,20-22H,5-6,10-11,14H2,1-4H3. The summed E-state index contributed by atoms with van der Waals surface area (Å²) < 4.78 is 87.3. The molecule has 0 bridgehead atoms. The van der Waals surface area contributed by atoms with E-state index in [1.54, 1.807) is 23.6 Å². The summed E-state index contributed by atoms with van der Waals surface area (Å²) in [6.07, 6.45) is -5.78. The third-order valence-corrected chi connectivity index (χ3v) is 7.08. The monoisotopic (exact) mass is 624 g/mol. The number of piperidine rings is 1. The largest absolute Gasteiger partial charge is 0.447 e. The molecule has 1 aliphatic heterocycles. The van der Waals surface area contributed by atoms with E-state index in [4.69, 9.17) is 4.74 Å². The van der Waals surface area contributed by atoms with E-state index in [-0.39, 0.29) is 48.4 Å². The molecule has 1 aromatic heterocycles. The Hall–Kier alpha value is -2.57. The lowest BCUT2D eigenvalue weighted by Gasteiger charge is -2.47. The second kappa shape index (κ2) is 12.3. The molecule has 1 aromatic carbocycles. The first-order valence-corrected chi connectivity index (χ1v) is 13.4. The third kappa shape index (κ3) is 7.76. The van der Waals surface area contributed by atoms with Crippen LogP contribution in [0, 0.1) is 0 Å². The number of rotatable bonds is 7. The summed E-state index contributed by atoms with van der Waals surface area (Å²) in [6, 6.07) is 0.682. The van der Waals surface area contributed by atoms with Crippen molar-refractivity contribution in [3.63, 3.8) is 0 Å². The van der Waals surface area contributed by atoms with Gasteiger partial charge >= 0.3 is 18.4 Å². The van der Waals surface area contributed by atoms with E-state index in [1.807, 2.05) is 13.8 Å². The number of benzene rings is 1. The maximum absolute atomic E-state index is 13.5. The summed E-state index contributed by atoms with van der Waals surface area (Å²) >= 11 is 3.25. The van der Waals surface area contributed by atoms with E-state index < -0.39 is 29.6 Å². The number of nitrogens with zero attached hydrogens (tertiary/aromatic N) is 4. The maximum atomic E-state index is 13.5. The molecule has 0 radical (unpaired) electrons. The summed E-state index contributed by atoms with van der Waals surface area (Å²) in [5.41, 5.74) is -2.94. The molecule has 0 aliphatic carbocycles. The minimum absolute atomic E-state index is 0.114. The second-order valence-corrected chi connectivity index (χ2v) is 10.7. The Kier molecular flexibility index (Phi) is 9.77. The van der Waals surface area contributed by atoms with E-state index in [2.05, 4.69) is 25.9 Å². The topological polar surface area (TPSA) is 58.6 Å². The molecule has 2 unspecified atom stereocenters. The van der Waals surface area contributed by atoms with Gasteiger partial charge in [-0.3, -0.25) is 0 Å². The fourth-order valence-electron chi connectivity index (χ4n) is 4.92. The van der Waals surface area contributed by atoms with E-state index in [0.717, 1.165) is 12.1 Å². The Bertz CT molecular complexity index is 1080. The molecule has 0 spiro atoms. The van der Waals surface area contributed by atoms with Gasteiger partial charge in [0.2, 0.25) is 5.95 Å². The predicted octanol–water partition coefficient (Wildman–Crippen LogP) is 7.85. The van der Waals surface area contributed by atoms with Gasteiger partial charge in [-0.2, -0.15) is 26.3 Å². The Balaban J connectivity index is 2.05. The third-order valence-electron chi connectivity index (χ3n) is 6.67. The first-order chi connectivity index (χ1) is 18.1. The molecule has 2 heterocycles. The highest BCUT2D eigenvalue weighted by molar-refractivity contribution is 9.10. The van der Waals surface area contributed by atoms with Crippen molar-refractivity contribution >= 4 is 28.0 Å². The maximum Gasteiger partial charge on any atom is 0.416 e. The predicted molar refractivity (Wildman–Crippen MR) is 137 cm³/mol. The highest BCUT2D eigenvalue weighted by Crippen LogP contribution is 2.38. The molecule has 1 fully saturated rings. The molecule has 13 heteroatoms. The number of anilines is 1. The molecule has 0 saturated carbocycles. The van der Waals surface area contributed by atoms with Gasteiger partial charge in [0.05, 0.1) is 21.7 Å². The van der Waals surface area contributed by atoms with Crippen molar-refractivity contribution in [2.75, 3.05) is 4.90 Å². The van der Waals surface area contributed by atoms with Gasteiger partial charge in [0, 0.05) is 37.1 Å². The zero-order chi connectivity index (χ0) is 29.1. The fraction of sp³-hybridized carbons (Fsp3) is 0.577. The van der Waals surface area contributed by atoms with Crippen molar-refractivity contribution in [2.24, 2.45) is 0 Å². The quantitative estimate of drug-likeness (QED) is 0.294. The molecule has 39 heavy (non-hydrogen) atoms. The molecule has 3 rings (SSSR count). The lowest BCUT2D eigenvalue weighted by atomic mass is 9.87. The van der Waals surface area contributed by atoms with Crippen molar-refractivity contribution in [3.8, 4) is 0 Å². The zero-order valence-electron chi connectivity index (χ0n) is 22.0. The Labute approximate surface area is 231 Å².